The quantitative estimate of drug-likeness (QED) is 0.732. The molecule has 2 fully saturated rings. The molecule has 1 aliphatic heterocycles. The van der Waals surface area contributed by atoms with Crippen molar-refractivity contribution in [2.75, 3.05) is 26.2 Å². The first-order valence-corrected chi connectivity index (χ1v) is 7.95. The molecule has 2 unspecified atom stereocenters. The maximum atomic E-state index is 12.2. The van der Waals surface area contributed by atoms with Gasteiger partial charge in [0.05, 0.1) is 6.04 Å². The average molecular weight is 267 g/mol. The summed E-state index contributed by atoms with van der Waals surface area (Å²) in [5, 5.41) is 6.60. The predicted molar refractivity (Wildman–Crippen MR) is 78.1 cm³/mol. The number of rotatable bonds is 7. The van der Waals surface area contributed by atoms with Crippen molar-refractivity contribution in [3.05, 3.63) is 0 Å². The topological polar surface area (TPSA) is 44.4 Å². The van der Waals surface area contributed by atoms with Gasteiger partial charge < -0.3 is 10.6 Å². The fourth-order valence-corrected chi connectivity index (χ4v) is 2.86. The Kier molecular flexibility index (Phi) is 5.64. The van der Waals surface area contributed by atoms with Crippen LogP contribution in [0.3, 0.4) is 0 Å². The molecule has 1 saturated heterocycles. The molecule has 1 saturated carbocycles. The van der Waals surface area contributed by atoms with Crippen LogP contribution in [0.25, 0.3) is 0 Å². The Hall–Kier alpha value is -0.610. The number of hydrogen-bond donors (Lipinski definition) is 2. The summed E-state index contributed by atoms with van der Waals surface area (Å²) in [5.41, 5.74) is 0. The highest BCUT2D eigenvalue weighted by Gasteiger charge is 2.29. The van der Waals surface area contributed by atoms with E-state index in [1.165, 1.54) is 25.7 Å². The van der Waals surface area contributed by atoms with Crippen molar-refractivity contribution in [1.29, 1.82) is 0 Å². The van der Waals surface area contributed by atoms with Crippen molar-refractivity contribution in [1.82, 2.24) is 15.5 Å². The van der Waals surface area contributed by atoms with Gasteiger partial charge in [-0.1, -0.05) is 6.92 Å². The number of hydrogen-bond acceptors (Lipinski definition) is 3. The summed E-state index contributed by atoms with van der Waals surface area (Å²) < 4.78 is 0. The van der Waals surface area contributed by atoms with Crippen LogP contribution in [0.2, 0.25) is 0 Å². The van der Waals surface area contributed by atoms with E-state index < -0.39 is 0 Å². The van der Waals surface area contributed by atoms with Crippen molar-refractivity contribution < 1.29 is 4.79 Å². The van der Waals surface area contributed by atoms with Crippen LogP contribution in [0, 0.1) is 5.92 Å². The van der Waals surface area contributed by atoms with E-state index >= 15 is 0 Å². The second-order valence-electron chi connectivity index (χ2n) is 6.17. The van der Waals surface area contributed by atoms with Gasteiger partial charge in [0.1, 0.15) is 0 Å². The van der Waals surface area contributed by atoms with Crippen molar-refractivity contribution >= 4 is 5.91 Å². The first kappa shape index (κ1) is 14.8. The molecule has 0 aromatic rings. The molecule has 0 spiro atoms. The van der Waals surface area contributed by atoms with Crippen molar-refractivity contribution in [2.24, 2.45) is 5.92 Å². The zero-order valence-corrected chi connectivity index (χ0v) is 12.5. The first-order valence-electron chi connectivity index (χ1n) is 7.95. The summed E-state index contributed by atoms with van der Waals surface area (Å²) in [6, 6.07) is 0.484. The summed E-state index contributed by atoms with van der Waals surface area (Å²) in [7, 11) is 0. The molecule has 2 N–H and O–H groups in total. The Balaban J connectivity index is 1.83. The number of piperidine rings is 1. The summed E-state index contributed by atoms with van der Waals surface area (Å²) in [5.74, 6) is 0.927. The Morgan fingerprint density at radius 2 is 2.21 bits per heavy atom. The lowest BCUT2D eigenvalue weighted by molar-refractivity contribution is -0.126. The normalized spacial score (nSPS) is 25.3. The van der Waals surface area contributed by atoms with E-state index in [0.717, 1.165) is 32.6 Å². The third-order valence-electron chi connectivity index (χ3n) is 4.25. The van der Waals surface area contributed by atoms with E-state index in [1.54, 1.807) is 0 Å². The molecular formula is C15H29N3O. The highest BCUT2D eigenvalue weighted by molar-refractivity contribution is 5.81. The van der Waals surface area contributed by atoms with Crippen LogP contribution in [0.1, 0.15) is 46.0 Å². The summed E-state index contributed by atoms with van der Waals surface area (Å²) in [6.45, 7) is 8.59. The minimum absolute atomic E-state index is 0.0162. The highest BCUT2D eigenvalue weighted by Crippen LogP contribution is 2.20. The number of carbonyl (C=O) groups is 1. The Labute approximate surface area is 117 Å². The third kappa shape index (κ3) is 4.77. The van der Waals surface area contributed by atoms with E-state index in [4.69, 9.17) is 0 Å². The molecule has 1 heterocycles. The van der Waals surface area contributed by atoms with Crippen LogP contribution in [0.5, 0.6) is 0 Å². The molecule has 4 nitrogen and oxygen atoms in total. The van der Waals surface area contributed by atoms with E-state index in [-0.39, 0.29) is 11.9 Å². The molecule has 110 valence electrons. The van der Waals surface area contributed by atoms with E-state index in [9.17, 15) is 4.79 Å². The highest BCUT2D eigenvalue weighted by atomic mass is 16.2. The van der Waals surface area contributed by atoms with E-state index in [1.807, 2.05) is 0 Å². The molecule has 0 radical (unpaired) electrons. The second-order valence-corrected chi connectivity index (χ2v) is 6.17. The fraction of sp³-hybridized carbons (Fsp3) is 0.933. The van der Waals surface area contributed by atoms with Crippen LogP contribution in [-0.4, -0.2) is 49.1 Å². The minimum atomic E-state index is 0.0162. The molecule has 0 aromatic heterocycles. The van der Waals surface area contributed by atoms with Crippen LogP contribution in [-0.2, 0) is 4.79 Å². The Bertz CT molecular complexity index is 285. The van der Waals surface area contributed by atoms with Gasteiger partial charge in [-0.05, 0) is 64.6 Å². The van der Waals surface area contributed by atoms with Crippen LogP contribution < -0.4 is 10.6 Å². The molecular weight excluding hydrogens is 238 g/mol. The SMILES string of the molecule is CCCN(CC1CCCNC1)C(C)C(=O)NC1CC1. The lowest BCUT2D eigenvalue weighted by Gasteiger charge is -2.33. The van der Waals surface area contributed by atoms with E-state index in [2.05, 4.69) is 29.4 Å². The van der Waals surface area contributed by atoms with Gasteiger partial charge in [-0.2, -0.15) is 0 Å². The zero-order chi connectivity index (χ0) is 13.7. The van der Waals surface area contributed by atoms with Crippen LogP contribution in [0.4, 0.5) is 0 Å². The molecule has 2 rings (SSSR count). The van der Waals surface area contributed by atoms with Crippen LogP contribution >= 0.6 is 0 Å². The molecule has 1 aliphatic carbocycles. The Morgan fingerprint density at radius 3 is 2.79 bits per heavy atom. The zero-order valence-electron chi connectivity index (χ0n) is 12.5. The summed E-state index contributed by atoms with van der Waals surface area (Å²) in [4.78, 5) is 14.6. The van der Waals surface area contributed by atoms with Gasteiger partial charge in [0.2, 0.25) is 5.91 Å². The van der Waals surface area contributed by atoms with Gasteiger partial charge in [0.15, 0.2) is 0 Å². The smallest absolute Gasteiger partial charge is 0.237 e. The molecule has 0 aromatic carbocycles. The lowest BCUT2D eigenvalue weighted by atomic mass is 9.98. The number of nitrogens with zero attached hydrogens (tertiary/aromatic N) is 1. The largest absolute Gasteiger partial charge is 0.352 e. The van der Waals surface area contributed by atoms with Crippen LogP contribution in [0.15, 0.2) is 0 Å². The number of amides is 1. The van der Waals surface area contributed by atoms with Crippen molar-refractivity contribution in [3.8, 4) is 0 Å². The van der Waals surface area contributed by atoms with Crippen molar-refractivity contribution in [2.45, 2.75) is 58.0 Å². The fourth-order valence-electron chi connectivity index (χ4n) is 2.86. The van der Waals surface area contributed by atoms with E-state index in [0.29, 0.717) is 12.0 Å². The number of carbonyl (C=O) groups excluding carboxylic acids is 1. The Morgan fingerprint density at radius 1 is 1.42 bits per heavy atom. The second kappa shape index (κ2) is 7.25. The molecule has 19 heavy (non-hydrogen) atoms. The maximum absolute atomic E-state index is 12.2. The lowest BCUT2D eigenvalue weighted by Crippen LogP contribution is -2.49. The summed E-state index contributed by atoms with van der Waals surface area (Å²) in [6.07, 6.45) is 6.01. The van der Waals surface area contributed by atoms with Gasteiger partial charge in [-0.3, -0.25) is 9.69 Å². The van der Waals surface area contributed by atoms with Gasteiger partial charge in [0, 0.05) is 12.6 Å². The molecule has 2 atom stereocenters. The monoisotopic (exact) mass is 267 g/mol. The van der Waals surface area contributed by atoms with Gasteiger partial charge in [-0.15, -0.1) is 0 Å². The molecule has 1 amide bonds. The first-order chi connectivity index (χ1) is 9.20. The maximum Gasteiger partial charge on any atom is 0.237 e. The summed E-state index contributed by atoms with van der Waals surface area (Å²) >= 11 is 0. The average Bonchev–Trinajstić information content (AvgIpc) is 3.22. The number of nitrogens with one attached hydrogen (secondary N) is 2. The minimum Gasteiger partial charge on any atom is -0.352 e. The van der Waals surface area contributed by atoms with Gasteiger partial charge in [-0.25, -0.2) is 0 Å². The predicted octanol–water partition coefficient (Wildman–Crippen LogP) is 1.37. The van der Waals surface area contributed by atoms with Crippen molar-refractivity contribution in [3.63, 3.8) is 0 Å². The third-order valence-corrected chi connectivity index (χ3v) is 4.25. The molecule has 0 bridgehead atoms. The van der Waals surface area contributed by atoms with Gasteiger partial charge >= 0.3 is 0 Å². The molecule has 4 heteroatoms. The standard InChI is InChI=1S/C15H29N3O/c1-3-9-18(11-13-5-4-8-16-10-13)12(2)15(19)17-14-6-7-14/h12-14,16H,3-11H2,1-2H3,(H,17,19). The van der Waals surface area contributed by atoms with Gasteiger partial charge in [0.25, 0.3) is 0 Å². The molecule has 2 aliphatic rings.